The molecule has 1 N–H and O–H groups in total. The molecule has 0 bridgehead atoms. The minimum absolute atomic E-state index is 0.117. The van der Waals surface area contributed by atoms with Gasteiger partial charge in [0.25, 0.3) is 11.8 Å². The number of nitrogens with one attached hydrogen (secondary N) is 1. The second kappa shape index (κ2) is 6.21. The van der Waals surface area contributed by atoms with Crippen molar-refractivity contribution >= 4 is 18.0 Å². The average Bonchev–Trinajstić information content (AvgIpc) is 2.79. The first kappa shape index (κ1) is 14.6. The highest BCUT2D eigenvalue weighted by molar-refractivity contribution is 6.21. The summed E-state index contributed by atoms with van der Waals surface area (Å²) in [6, 6.07) is 6.79. The number of nitrogens with zero attached hydrogens (tertiary/aromatic N) is 2. The second-order valence-electron chi connectivity index (χ2n) is 5.15. The largest absolute Gasteiger partial charge is 0.304 e. The third-order valence-electron chi connectivity index (χ3n) is 3.84. The molecule has 0 aromatic heterocycles. The summed E-state index contributed by atoms with van der Waals surface area (Å²) in [5.74, 6) is -0.476. The summed E-state index contributed by atoms with van der Waals surface area (Å²) in [5.41, 5.74) is 4.86. The average molecular weight is 299 g/mol. The quantitative estimate of drug-likeness (QED) is 0.515. The van der Waals surface area contributed by atoms with Crippen LogP contribution in [0.1, 0.15) is 27.1 Å². The molecule has 3 rings (SSSR count). The van der Waals surface area contributed by atoms with E-state index < -0.39 is 0 Å². The van der Waals surface area contributed by atoms with Crippen LogP contribution in [-0.2, 0) is 4.84 Å². The molecule has 0 spiro atoms. The van der Waals surface area contributed by atoms with Gasteiger partial charge in [0.15, 0.2) is 0 Å². The maximum Gasteiger partial charge on any atom is 0.261 e. The molecule has 114 valence electrons. The van der Waals surface area contributed by atoms with E-state index in [2.05, 4.69) is 10.5 Å². The van der Waals surface area contributed by atoms with Gasteiger partial charge in [-0.1, -0.05) is 18.2 Å². The van der Waals surface area contributed by atoms with E-state index in [1.807, 2.05) is 6.08 Å². The van der Waals surface area contributed by atoms with Crippen molar-refractivity contribution in [2.75, 3.05) is 20.2 Å². The zero-order chi connectivity index (χ0) is 15.5. The van der Waals surface area contributed by atoms with Crippen LogP contribution in [0.3, 0.4) is 0 Å². The Hall–Kier alpha value is -2.31. The molecule has 0 saturated carbocycles. The minimum Gasteiger partial charge on any atom is -0.304 e. The van der Waals surface area contributed by atoms with Gasteiger partial charge in [-0.15, -0.1) is 0 Å². The van der Waals surface area contributed by atoms with Crippen molar-refractivity contribution in [3.63, 3.8) is 0 Å². The van der Waals surface area contributed by atoms with Gasteiger partial charge >= 0.3 is 0 Å². The van der Waals surface area contributed by atoms with Gasteiger partial charge in [0.2, 0.25) is 0 Å². The van der Waals surface area contributed by atoms with Crippen LogP contribution < -0.4 is 5.48 Å². The van der Waals surface area contributed by atoms with E-state index in [1.165, 1.54) is 4.90 Å². The van der Waals surface area contributed by atoms with E-state index in [4.69, 9.17) is 4.84 Å². The molecule has 2 aliphatic heterocycles. The molecule has 2 amide bonds. The molecule has 0 fully saturated rings. The fraction of sp³-hybridized carbons (Fsp3) is 0.312. The highest BCUT2D eigenvalue weighted by atomic mass is 16.6. The van der Waals surface area contributed by atoms with E-state index in [0.717, 1.165) is 12.0 Å². The van der Waals surface area contributed by atoms with Gasteiger partial charge in [0.05, 0.1) is 24.3 Å². The Kier molecular flexibility index (Phi) is 4.13. The van der Waals surface area contributed by atoms with Crippen LogP contribution in [0.4, 0.5) is 0 Å². The predicted molar refractivity (Wildman–Crippen MR) is 81.8 cm³/mol. The first-order chi connectivity index (χ1) is 10.7. The summed E-state index contributed by atoms with van der Waals surface area (Å²) in [6.45, 7) is 0.966. The molecule has 22 heavy (non-hydrogen) atoms. The van der Waals surface area contributed by atoms with Crippen molar-refractivity contribution in [2.45, 2.75) is 12.5 Å². The summed E-state index contributed by atoms with van der Waals surface area (Å²) in [7, 11) is 1.55. The Morgan fingerprint density at radius 2 is 2.00 bits per heavy atom. The second-order valence-corrected chi connectivity index (χ2v) is 5.15. The molecule has 0 radical (unpaired) electrons. The molecule has 0 saturated heterocycles. The van der Waals surface area contributed by atoms with E-state index in [0.29, 0.717) is 17.7 Å². The highest BCUT2D eigenvalue weighted by Gasteiger charge is 2.34. The lowest BCUT2D eigenvalue weighted by Gasteiger charge is -2.21. The van der Waals surface area contributed by atoms with Gasteiger partial charge < -0.3 is 4.84 Å². The summed E-state index contributed by atoms with van der Waals surface area (Å²) in [5, 5.41) is 0. The van der Waals surface area contributed by atoms with E-state index >= 15 is 0 Å². The van der Waals surface area contributed by atoms with Gasteiger partial charge in [-0.05, 0) is 24.1 Å². The zero-order valence-electron chi connectivity index (χ0n) is 12.3. The molecule has 2 heterocycles. The lowest BCUT2D eigenvalue weighted by Crippen LogP contribution is -2.35. The van der Waals surface area contributed by atoms with Crippen LogP contribution >= 0.6 is 0 Å². The smallest absolute Gasteiger partial charge is 0.261 e. The number of amides is 2. The van der Waals surface area contributed by atoms with Crippen molar-refractivity contribution in [1.82, 2.24) is 10.4 Å². The maximum atomic E-state index is 12.3. The van der Waals surface area contributed by atoms with Crippen LogP contribution in [0.15, 0.2) is 40.9 Å². The number of aliphatic imine (C=N–C) groups is 1. The van der Waals surface area contributed by atoms with Gasteiger partial charge in [-0.2, -0.15) is 5.48 Å². The van der Waals surface area contributed by atoms with Crippen molar-refractivity contribution in [3.8, 4) is 0 Å². The van der Waals surface area contributed by atoms with Gasteiger partial charge in [-0.25, -0.2) is 0 Å². The summed E-state index contributed by atoms with van der Waals surface area (Å²) >= 11 is 0. The summed E-state index contributed by atoms with van der Waals surface area (Å²) < 4.78 is 0. The number of carbonyl (C=O) groups excluding carboxylic acids is 2. The van der Waals surface area contributed by atoms with E-state index in [1.54, 1.807) is 37.6 Å². The Labute approximate surface area is 128 Å². The number of hydroxylamine groups is 1. The minimum atomic E-state index is -0.238. The normalized spacial score (nSPS) is 22.5. The third kappa shape index (κ3) is 2.58. The monoisotopic (exact) mass is 299 g/mol. The molecule has 2 aliphatic rings. The van der Waals surface area contributed by atoms with Crippen LogP contribution in [0.2, 0.25) is 0 Å². The fourth-order valence-corrected chi connectivity index (χ4v) is 2.70. The number of fused-ring (bicyclic) bond motifs is 1. The Bertz CT molecular complexity index is 631. The lowest BCUT2D eigenvalue weighted by atomic mass is 10.0. The lowest BCUT2D eigenvalue weighted by molar-refractivity contribution is 0.0670. The van der Waals surface area contributed by atoms with Crippen molar-refractivity contribution in [2.24, 2.45) is 4.99 Å². The molecule has 1 unspecified atom stereocenters. The summed E-state index contributed by atoms with van der Waals surface area (Å²) in [6.07, 6.45) is 4.46. The number of imide groups is 1. The number of hydrogen-bond acceptors (Lipinski definition) is 5. The summed E-state index contributed by atoms with van der Waals surface area (Å²) in [4.78, 5) is 35.0. The Balaban J connectivity index is 1.77. The topological polar surface area (TPSA) is 71.0 Å². The van der Waals surface area contributed by atoms with Crippen LogP contribution in [-0.4, -0.2) is 49.2 Å². The molecule has 1 aromatic carbocycles. The number of rotatable bonds is 4. The van der Waals surface area contributed by atoms with Crippen LogP contribution in [0, 0.1) is 0 Å². The van der Waals surface area contributed by atoms with E-state index in [-0.39, 0.29) is 24.4 Å². The SMILES string of the molecule is CONC1C=NCCC1=CCN1C(=O)c2ccccc2C1=O. The molecular weight excluding hydrogens is 282 g/mol. The standard InChI is InChI=1S/C16H17N3O3/c1-22-18-14-10-17-8-6-11(14)7-9-19-15(20)12-4-2-3-5-13(12)16(19)21/h2-5,7,10,14,18H,6,8-9H2,1H3. The van der Waals surface area contributed by atoms with Gasteiger partial charge in [-0.3, -0.25) is 19.5 Å². The van der Waals surface area contributed by atoms with Crippen LogP contribution in [0.25, 0.3) is 0 Å². The Morgan fingerprint density at radius 3 is 2.64 bits per heavy atom. The number of benzene rings is 1. The molecule has 6 nitrogen and oxygen atoms in total. The first-order valence-electron chi connectivity index (χ1n) is 7.15. The molecule has 0 aliphatic carbocycles. The molecular formula is C16H17N3O3. The van der Waals surface area contributed by atoms with Crippen molar-refractivity contribution in [1.29, 1.82) is 0 Å². The Morgan fingerprint density at radius 1 is 1.32 bits per heavy atom. The third-order valence-corrected chi connectivity index (χ3v) is 3.84. The molecule has 1 aromatic rings. The number of hydrogen-bond donors (Lipinski definition) is 1. The predicted octanol–water partition coefficient (Wildman–Crippen LogP) is 1.20. The fourth-order valence-electron chi connectivity index (χ4n) is 2.70. The van der Waals surface area contributed by atoms with E-state index in [9.17, 15) is 9.59 Å². The van der Waals surface area contributed by atoms with Crippen LogP contribution in [0.5, 0.6) is 0 Å². The zero-order valence-corrected chi connectivity index (χ0v) is 12.3. The van der Waals surface area contributed by atoms with Crippen molar-refractivity contribution in [3.05, 3.63) is 47.0 Å². The van der Waals surface area contributed by atoms with Gasteiger partial charge in [0, 0.05) is 19.3 Å². The first-order valence-corrected chi connectivity index (χ1v) is 7.15. The molecule has 1 atom stereocenters. The molecule has 6 heteroatoms. The maximum absolute atomic E-state index is 12.3. The van der Waals surface area contributed by atoms with Crippen molar-refractivity contribution < 1.29 is 14.4 Å². The highest BCUT2D eigenvalue weighted by Crippen LogP contribution is 2.23. The number of carbonyl (C=O) groups is 2. The van der Waals surface area contributed by atoms with Gasteiger partial charge in [0.1, 0.15) is 0 Å².